The Morgan fingerprint density at radius 3 is 2.42 bits per heavy atom. The molecule has 0 aliphatic carbocycles. The van der Waals surface area contributed by atoms with E-state index in [-0.39, 0.29) is 5.91 Å². The summed E-state index contributed by atoms with van der Waals surface area (Å²) in [4.78, 5) is 12.8. The van der Waals surface area contributed by atoms with E-state index in [0.717, 1.165) is 0 Å². The molecule has 1 amide bonds. The summed E-state index contributed by atoms with van der Waals surface area (Å²) >= 11 is 0. The van der Waals surface area contributed by atoms with Crippen LogP contribution in [0.1, 0.15) is 0 Å². The number of carbonyl (C=O) groups is 1. The first kappa shape index (κ1) is 12.5. The first-order valence-corrected chi connectivity index (χ1v) is 7.78. The Balaban J connectivity index is 4.15. The van der Waals surface area contributed by atoms with Gasteiger partial charge in [0, 0.05) is 14.1 Å². The first-order chi connectivity index (χ1) is 5.49. The summed E-state index contributed by atoms with van der Waals surface area (Å²) in [5, 5.41) is 0. The highest BCUT2D eigenvalue weighted by Crippen LogP contribution is 2.54. The summed E-state index contributed by atoms with van der Waals surface area (Å²) in [6.45, 7) is 3.54. The first-order valence-electron chi connectivity index (χ1n) is 3.29. The molecule has 6 heteroatoms. The molecule has 0 saturated carbocycles. The van der Waals surface area contributed by atoms with E-state index in [2.05, 4.69) is 24.4 Å². The molecule has 3 atom stereocenters. The zero-order valence-corrected chi connectivity index (χ0v) is 10.4. The van der Waals surface area contributed by atoms with Gasteiger partial charge in [0.25, 0.3) is 5.91 Å². The molecule has 3 unspecified atom stereocenters. The molecule has 0 bridgehead atoms. The minimum atomic E-state index is -0.688. The molecule has 0 N–H and O–H groups in total. The van der Waals surface area contributed by atoms with Crippen LogP contribution in [0, 0.1) is 0 Å². The van der Waals surface area contributed by atoms with E-state index in [0.29, 0.717) is 0 Å². The van der Waals surface area contributed by atoms with Crippen LogP contribution in [0.25, 0.3) is 0 Å². The predicted molar refractivity (Wildman–Crippen MR) is 60.1 cm³/mol. The summed E-state index contributed by atoms with van der Waals surface area (Å²) in [6.07, 6.45) is 0.979. The zero-order valence-electron chi connectivity index (χ0n) is 7.23. The number of hydrogen-bond donors (Lipinski definition) is 0. The molecule has 0 heterocycles. The van der Waals surface area contributed by atoms with Gasteiger partial charge < -0.3 is 9.42 Å². The lowest BCUT2D eigenvalue weighted by molar-refractivity contribution is -0.133. The molecule has 12 heavy (non-hydrogen) atoms. The van der Waals surface area contributed by atoms with Gasteiger partial charge in [-0.1, -0.05) is 30.5 Å². The third-order valence-electron chi connectivity index (χ3n) is 1.13. The summed E-state index contributed by atoms with van der Waals surface area (Å²) in [5.41, 5.74) is 0. The topological polar surface area (TPSA) is 29.5 Å². The Kier molecular flexibility index (Phi) is 6.23. The number of nitrogens with zero attached hydrogens (tertiary/aromatic N) is 1. The number of carbonyl (C=O) groups excluding carboxylic acids is 1. The fourth-order valence-corrected chi connectivity index (χ4v) is 1.80. The molecule has 0 fully saturated rings. The number of amides is 1. The molecular weight excluding hydrogens is 211 g/mol. The van der Waals surface area contributed by atoms with Crippen molar-refractivity contribution in [2.24, 2.45) is 0 Å². The van der Waals surface area contributed by atoms with E-state index in [9.17, 15) is 4.79 Å². The second-order valence-corrected chi connectivity index (χ2v) is 8.13. The van der Waals surface area contributed by atoms with Gasteiger partial charge in [-0.3, -0.25) is 4.79 Å². The van der Waals surface area contributed by atoms with Crippen LogP contribution in [-0.2, 0) is 9.32 Å². The average Bonchev–Trinajstić information content (AvgIpc) is 1.98. The van der Waals surface area contributed by atoms with Crippen LogP contribution in [0.15, 0.2) is 12.7 Å². The second-order valence-electron chi connectivity index (χ2n) is 2.35. The van der Waals surface area contributed by atoms with E-state index >= 15 is 0 Å². The van der Waals surface area contributed by atoms with Gasteiger partial charge in [-0.2, -0.15) is 0 Å². The minimum absolute atomic E-state index is 0.0811. The van der Waals surface area contributed by atoms with Gasteiger partial charge in [0.15, 0.2) is 6.10 Å². The van der Waals surface area contributed by atoms with Crippen molar-refractivity contribution in [3.63, 3.8) is 0 Å². The van der Waals surface area contributed by atoms with Gasteiger partial charge in [0.2, 0.25) is 0 Å². The van der Waals surface area contributed by atoms with E-state index in [1.54, 1.807) is 14.1 Å². The summed E-state index contributed by atoms with van der Waals surface area (Å²) in [5.74, 6) is -0.0811. The Morgan fingerprint density at radius 2 is 2.17 bits per heavy atom. The van der Waals surface area contributed by atoms with E-state index in [4.69, 9.17) is 4.52 Å². The molecule has 0 aliphatic rings. The maximum absolute atomic E-state index is 11.3. The molecule has 0 aliphatic heterocycles. The van der Waals surface area contributed by atoms with Crippen LogP contribution in [0.5, 0.6) is 0 Å². The molecule has 0 aromatic heterocycles. The van der Waals surface area contributed by atoms with Gasteiger partial charge in [0.05, 0.1) is 7.53 Å². The zero-order chi connectivity index (χ0) is 9.72. The van der Waals surface area contributed by atoms with Gasteiger partial charge in [-0.15, -0.1) is 0 Å². The van der Waals surface area contributed by atoms with E-state index < -0.39 is 13.6 Å². The highest BCUT2D eigenvalue weighted by molar-refractivity contribution is 8.41. The molecule has 70 valence electrons. The quantitative estimate of drug-likeness (QED) is 0.537. The van der Waals surface area contributed by atoms with E-state index in [1.807, 2.05) is 0 Å². The molecule has 0 radical (unpaired) electrons. The minimum Gasteiger partial charge on any atom is -0.346 e. The second kappa shape index (κ2) is 6.00. The Labute approximate surface area is 78.9 Å². The third kappa shape index (κ3) is 4.48. The van der Waals surface area contributed by atoms with Crippen molar-refractivity contribution in [3.8, 4) is 0 Å². The maximum atomic E-state index is 11.3. The van der Waals surface area contributed by atoms with Gasteiger partial charge in [0.1, 0.15) is 0 Å². The van der Waals surface area contributed by atoms with Crippen molar-refractivity contribution in [1.82, 2.24) is 4.90 Å². The van der Waals surface area contributed by atoms with Crippen LogP contribution in [0.3, 0.4) is 0 Å². The van der Waals surface area contributed by atoms with Crippen LogP contribution in [0.2, 0.25) is 0 Å². The highest BCUT2D eigenvalue weighted by Gasteiger charge is 2.18. The lowest BCUT2D eigenvalue weighted by Gasteiger charge is -2.19. The lowest BCUT2D eigenvalue weighted by atomic mass is 10.3. The molecule has 0 spiro atoms. The molecule has 0 aromatic rings. The average molecular weight is 225 g/mol. The molecular formula is C6H14NO2P3. The standard InChI is InChI=1S/C6H14NO2P3/c1-4-5(9-12(10)11)6(8)7(2)3/h4-5H,1,10-11H2,2-3H3. The monoisotopic (exact) mass is 225 g/mol. The third-order valence-corrected chi connectivity index (χ3v) is 2.33. The van der Waals surface area contributed by atoms with Crippen molar-refractivity contribution in [2.75, 3.05) is 14.1 Å². The number of hydrogen-bond acceptors (Lipinski definition) is 2. The van der Waals surface area contributed by atoms with Crippen molar-refractivity contribution < 1.29 is 9.32 Å². The molecule has 3 nitrogen and oxygen atoms in total. The smallest absolute Gasteiger partial charge is 0.255 e. The number of likely N-dealkylation sites (N-methyl/N-ethyl adjacent to an activating group) is 1. The number of rotatable bonds is 4. The predicted octanol–water partition coefficient (Wildman–Crippen LogP) is 1.62. The Morgan fingerprint density at radius 1 is 1.67 bits per heavy atom. The molecule has 0 saturated heterocycles. The Bertz CT molecular complexity index is 172. The summed E-state index contributed by atoms with van der Waals surface area (Å²) < 4.78 is 5.30. The summed E-state index contributed by atoms with van der Waals surface area (Å²) in [6, 6.07) is 0. The maximum Gasteiger partial charge on any atom is 0.255 e. The van der Waals surface area contributed by atoms with E-state index in [1.165, 1.54) is 11.0 Å². The van der Waals surface area contributed by atoms with Gasteiger partial charge in [-0.25, -0.2) is 0 Å². The van der Waals surface area contributed by atoms with Crippen LogP contribution < -0.4 is 0 Å². The molecule has 0 rings (SSSR count). The molecule has 0 aromatic carbocycles. The van der Waals surface area contributed by atoms with Crippen molar-refractivity contribution in [2.45, 2.75) is 6.10 Å². The van der Waals surface area contributed by atoms with Gasteiger partial charge in [-0.05, 0) is 0 Å². The van der Waals surface area contributed by atoms with Crippen LogP contribution in [-0.4, -0.2) is 31.0 Å². The highest BCUT2D eigenvalue weighted by atomic mass is 32.4. The van der Waals surface area contributed by atoms with Crippen molar-refractivity contribution in [3.05, 3.63) is 12.7 Å². The Hall–Kier alpha value is 0.460. The summed E-state index contributed by atoms with van der Waals surface area (Å²) in [7, 11) is 7.68. The largest absolute Gasteiger partial charge is 0.346 e. The van der Waals surface area contributed by atoms with Crippen molar-refractivity contribution >= 4 is 31.3 Å². The SMILES string of the molecule is C=CC(OP(P)P)C(=O)N(C)C. The van der Waals surface area contributed by atoms with Crippen LogP contribution >= 0.6 is 25.4 Å². The van der Waals surface area contributed by atoms with Crippen molar-refractivity contribution in [1.29, 1.82) is 0 Å². The fourth-order valence-electron chi connectivity index (χ4n) is 0.575. The normalized spacial score (nSPS) is 12.8. The lowest BCUT2D eigenvalue weighted by Crippen LogP contribution is -2.32. The fraction of sp³-hybridized carbons (Fsp3) is 0.500. The van der Waals surface area contributed by atoms with Gasteiger partial charge >= 0.3 is 0 Å². The van der Waals surface area contributed by atoms with Crippen LogP contribution in [0.4, 0.5) is 0 Å².